The predicted octanol–water partition coefficient (Wildman–Crippen LogP) is 5.94. The lowest BCUT2D eigenvalue weighted by Gasteiger charge is -2.07. The van der Waals surface area contributed by atoms with Gasteiger partial charge in [-0.2, -0.15) is 15.0 Å². The van der Waals surface area contributed by atoms with Gasteiger partial charge in [-0.15, -0.1) is 0 Å². The van der Waals surface area contributed by atoms with Gasteiger partial charge in [-0.25, -0.2) is 0 Å². The molecular formula is C25H24Cl2N4. The van der Waals surface area contributed by atoms with Crippen LogP contribution in [0.1, 0.15) is 22.4 Å². The third kappa shape index (κ3) is 5.53. The molecule has 0 fully saturated rings. The van der Waals surface area contributed by atoms with Crippen molar-refractivity contribution in [2.75, 3.05) is 6.54 Å². The van der Waals surface area contributed by atoms with Crippen LogP contribution in [0.15, 0.2) is 72.8 Å². The van der Waals surface area contributed by atoms with Crippen molar-refractivity contribution in [1.82, 2.24) is 20.3 Å². The molecule has 0 unspecified atom stereocenters. The summed E-state index contributed by atoms with van der Waals surface area (Å²) in [6, 6.07) is 24.1. The summed E-state index contributed by atoms with van der Waals surface area (Å²) in [6.07, 6.45) is 0.814. The summed E-state index contributed by atoms with van der Waals surface area (Å²) in [4.78, 5) is 1.79. The van der Waals surface area contributed by atoms with E-state index in [9.17, 15) is 0 Å². The minimum absolute atomic E-state index is 0.628. The van der Waals surface area contributed by atoms with Gasteiger partial charge in [0.2, 0.25) is 0 Å². The zero-order chi connectivity index (χ0) is 21.6. The molecule has 0 radical (unpaired) electrons. The maximum Gasteiger partial charge on any atom is 0.117 e. The third-order valence-corrected chi connectivity index (χ3v) is 5.81. The lowest BCUT2D eigenvalue weighted by atomic mass is 10.1. The molecule has 0 bridgehead atoms. The van der Waals surface area contributed by atoms with E-state index < -0.39 is 0 Å². The first kappa shape index (κ1) is 21.6. The summed E-state index contributed by atoms with van der Waals surface area (Å²) in [6.45, 7) is 4.16. The summed E-state index contributed by atoms with van der Waals surface area (Å²) in [7, 11) is 0. The molecule has 3 aromatic carbocycles. The van der Waals surface area contributed by atoms with Gasteiger partial charge in [-0.05, 0) is 48.7 Å². The molecule has 4 rings (SSSR count). The van der Waals surface area contributed by atoms with Crippen LogP contribution >= 0.6 is 23.2 Å². The predicted molar refractivity (Wildman–Crippen MR) is 128 cm³/mol. The minimum Gasteiger partial charge on any atom is -0.311 e. The molecule has 0 aliphatic carbocycles. The van der Waals surface area contributed by atoms with Gasteiger partial charge < -0.3 is 5.32 Å². The topological polar surface area (TPSA) is 42.7 Å². The van der Waals surface area contributed by atoms with Gasteiger partial charge in [0.25, 0.3) is 0 Å². The molecule has 0 saturated carbocycles. The van der Waals surface area contributed by atoms with Crippen LogP contribution in [0.25, 0.3) is 11.3 Å². The van der Waals surface area contributed by atoms with Crippen molar-refractivity contribution in [3.8, 4) is 11.3 Å². The first-order valence-electron chi connectivity index (χ1n) is 10.3. The van der Waals surface area contributed by atoms with E-state index in [2.05, 4.69) is 36.5 Å². The van der Waals surface area contributed by atoms with Crippen molar-refractivity contribution in [3.05, 3.63) is 105 Å². The second kappa shape index (κ2) is 10.1. The van der Waals surface area contributed by atoms with Crippen molar-refractivity contribution < 1.29 is 0 Å². The van der Waals surface area contributed by atoms with Gasteiger partial charge in [-0.3, -0.25) is 0 Å². The number of rotatable bonds is 8. The summed E-state index contributed by atoms with van der Waals surface area (Å²) in [5.41, 5.74) is 6.43. The number of aryl methyl sites for hydroxylation is 1. The van der Waals surface area contributed by atoms with Crippen LogP contribution in [-0.4, -0.2) is 21.5 Å². The molecule has 158 valence electrons. The van der Waals surface area contributed by atoms with E-state index in [0.717, 1.165) is 35.5 Å². The number of hydrogen-bond acceptors (Lipinski definition) is 3. The Labute approximate surface area is 192 Å². The summed E-state index contributed by atoms with van der Waals surface area (Å²) in [5, 5.41) is 14.4. The van der Waals surface area contributed by atoms with Gasteiger partial charge in [0.05, 0.1) is 6.54 Å². The van der Waals surface area contributed by atoms with Gasteiger partial charge in [-0.1, -0.05) is 83.9 Å². The standard InChI is InChI=1S/C25H24Cl2N4/c1-18-7-5-6-10-21(18)17-31-29-24(25(30-31)20-8-3-2-4-9-20)16-28-14-13-19-11-12-22(26)15-23(19)27/h2-12,15,28H,13-14,16-17H2,1H3. The molecule has 6 heteroatoms. The molecule has 0 aliphatic rings. The number of aromatic nitrogens is 3. The van der Waals surface area contributed by atoms with E-state index in [1.165, 1.54) is 11.1 Å². The summed E-state index contributed by atoms with van der Waals surface area (Å²) < 4.78 is 0. The number of benzene rings is 3. The maximum atomic E-state index is 6.29. The normalized spacial score (nSPS) is 11.1. The summed E-state index contributed by atoms with van der Waals surface area (Å²) >= 11 is 12.3. The molecule has 0 aliphatic heterocycles. The van der Waals surface area contributed by atoms with Crippen molar-refractivity contribution in [2.24, 2.45) is 0 Å². The molecule has 4 aromatic rings. The Morgan fingerprint density at radius 3 is 2.42 bits per heavy atom. The molecule has 0 amide bonds. The quantitative estimate of drug-likeness (QED) is 0.337. The largest absolute Gasteiger partial charge is 0.311 e. The Kier molecular flexibility index (Phi) is 7.03. The van der Waals surface area contributed by atoms with Gasteiger partial charge in [0, 0.05) is 22.2 Å². The fourth-order valence-corrected chi connectivity index (χ4v) is 3.99. The van der Waals surface area contributed by atoms with Crippen molar-refractivity contribution in [3.63, 3.8) is 0 Å². The molecule has 1 aromatic heterocycles. The van der Waals surface area contributed by atoms with Gasteiger partial charge in [0.15, 0.2) is 0 Å². The molecule has 4 nitrogen and oxygen atoms in total. The Balaban J connectivity index is 1.48. The van der Waals surface area contributed by atoms with Crippen LogP contribution in [-0.2, 0) is 19.5 Å². The third-order valence-electron chi connectivity index (χ3n) is 5.22. The SMILES string of the molecule is Cc1ccccc1Cn1nc(CNCCc2ccc(Cl)cc2Cl)c(-c2ccccc2)n1. The number of halogens is 2. The molecule has 1 heterocycles. The van der Waals surface area contributed by atoms with E-state index in [1.807, 2.05) is 42.5 Å². The van der Waals surface area contributed by atoms with Crippen LogP contribution in [0.3, 0.4) is 0 Å². The van der Waals surface area contributed by atoms with Crippen LogP contribution in [0.2, 0.25) is 10.0 Å². The van der Waals surface area contributed by atoms with Gasteiger partial charge in [0.1, 0.15) is 11.4 Å². The molecular weight excluding hydrogens is 427 g/mol. The average molecular weight is 451 g/mol. The van der Waals surface area contributed by atoms with E-state index >= 15 is 0 Å². The second-order valence-electron chi connectivity index (χ2n) is 7.48. The van der Waals surface area contributed by atoms with E-state index in [-0.39, 0.29) is 0 Å². The Morgan fingerprint density at radius 1 is 0.871 bits per heavy atom. The second-order valence-corrected chi connectivity index (χ2v) is 8.32. The van der Waals surface area contributed by atoms with E-state index in [0.29, 0.717) is 23.1 Å². The maximum absolute atomic E-state index is 6.29. The highest BCUT2D eigenvalue weighted by molar-refractivity contribution is 6.35. The molecule has 0 spiro atoms. The van der Waals surface area contributed by atoms with Crippen molar-refractivity contribution in [2.45, 2.75) is 26.4 Å². The average Bonchev–Trinajstić information content (AvgIpc) is 3.17. The Hall–Kier alpha value is -2.66. The first-order valence-corrected chi connectivity index (χ1v) is 11.0. The smallest absolute Gasteiger partial charge is 0.117 e. The lowest BCUT2D eigenvalue weighted by molar-refractivity contribution is 0.575. The summed E-state index contributed by atoms with van der Waals surface area (Å²) in [5.74, 6) is 0. The number of nitrogens with zero attached hydrogens (tertiary/aromatic N) is 3. The van der Waals surface area contributed by atoms with Crippen LogP contribution in [0.4, 0.5) is 0 Å². The number of nitrogens with one attached hydrogen (secondary N) is 1. The fraction of sp³-hybridized carbons (Fsp3) is 0.200. The molecule has 1 N–H and O–H groups in total. The van der Waals surface area contributed by atoms with E-state index in [4.69, 9.17) is 33.4 Å². The Morgan fingerprint density at radius 2 is 1.65 bits per heavy atom. The monoisotopic (exact) mass is 450 g/mol. The van der Waals surface area contributed by atoms with E-state index in [1.54, 1.807) is 10.9 Å². The zero-order valence-electron chi connectivity index (χ0n) is 17.4. The fourth-order valence-electron chi connectivity index (χ4n) is 3.49. The molecule has 0 atom stereocenters. The molecule has 0 saturated heterocycles. The molecule has 31 heavy (non-hydrogen) atoms. The highest BCUT2D eigenvalue weighted by Gasteiger charge is 2.14. The Bertz CT molecular complexity index is 1160. The highest BCUT2D eigenvalue weighted by atomic mass is 35.5. The minimum atomic E-state index is 0.628. The number of hydrogen-bond donors (Lipinski definition) is 1. The van der Waals surface area contributed by atoms with Crippen LogP contribution in [0, 0.1) is 6.92 Å². The van der Waals surface area contributed by atoms with Crippen molar-refractivity contribution >= 4 is 23.2 Å². The van der Waals surface area contributed by atoms with Crippen LogP contribution in [0.5, 0.6) is 0 Å². The lowest BCUT2D eigenvalue weighted by Crippen LogP contribution is -2.18. The van der Waals surface area contributed by atoms with Crippen LogP contribution < -0.4 is 5.32 Å². The highest BCUT2D eigenvalue weighted by Crippen LogP contribution is 2.22. The van der Waals surface area contributed by atoms with Crippen molar-refractivity contribution in [1.29, 1.82) is 0 Å². The first-order chi connectivity index (χ1) is 15.1. The van der Waals surface area contributed by atoms with Gasteiger partial charge >= 0.3 is 0 Å². The zero-order valence-corrected chi connectivity index (χ0v) is 18.9.